The van der Waals surface area contributed by atoms with E-state index in [0.29, 0.717) is 6.42 Å². The SMILES string of the molecule is CC(=O)CC(C)(C)CO.CC(=O)OCC(COC(C)=O)OC(C)=O.CC(C)(N)CO.OCC(O)CO. The van der Waals surface area contributed by atoms with Crippen LogP contribution in [0.25, 0.3) is 0 Å². The van der Waals surface area contributed by atoms with Gasteiger partial charge in [0, 0.05) is 39.3 Å². The molecule has 0 aliphatic rings. The van der Waals surface area contributed by atoms with E-state index in [4.69, 9.17) is 36.0 Å². The first-order valence-electron chi connectivity index (χ1n) is 11.1. The maximum Gasteiger partial charge on any atom is 0.303 e. The van der Waals surface area contributed by atoms with Crippen molar-refractivity contribution in [2.24, 2.45) is 11.1 Å². The van der Waals surface area contributed by atoms with Crippen molar-refractivity contribution in [3.63, 3.8) is 0 Å². The Labute approximate surface area is 213 Å². The average molecular weight is 530 g/mol. The van der Waals surface area contributed by atoms with Gasteiger partial charge in [0.2, 0.25) is 0 Å². The number of esters is 3. The smallest absolute Gasteiger partial charge is 0.303 e. The maximum atomic E-state index is 10.6. The van der Waals surface area contributed by atoms with E-state index in [1.54, 1.807) is 13.8 Å². The molecule has 0 fully saturated rings. The lowest BCUT2D eigenvalue weighted by Gasteiger charge is -2.18. The highest BCUT2D eigenvalue weighted by molar-refractivity contribution is 5.76. The topological polar surface area (TPSA) is 223 Å². The molecule has 0 atom stereocenters. The fourth-order valence-electron chi connectivity index (χ4n) is 1.56. The van der Waals surface area contributed by atoms with Crippen LogP contribution in [0.4, 0.5) is 0 Å². The van der Waals surface area contributed by atoms with Gasteiger partial charge in [0.25, 0.3) is 0 Å². The number of nitrogens with two attached hydrogens (primary N) is 1. The molecule has 0 aromatic heterocycles. The Morgan fingerprint density at radius 1 is 0.750 bits per heavy atom. The molecule has 0 aromatic carbocycles. The Kier molecular flexibility index (Phi) is 26.5. The summed E-state index contributed by atoms with van der Waals surface area (Å²) < 4.78 is 14.0. The largest absolute Gasteiger partial charge is 0.462 e. The fraction of sp³-hybridized carbons (Fsp3) is 0.826. The summed E-state index contributed by atoms with van der Waals surface area (Å²) in [5.74, 6) is -1.38. The molecule has 13 nitrogen and oxygen atoms in total. The molecule has 0 saturated carbocycles. The molecule has 0 aromatic rings. The molecule has 0 spiro atoms. The van der Waals surface area contributed by atoms with Gasteiger partial charge in [0.1, 0.15) is 25.1 Å². The van der Waals surface area contributed by atoms with Crippen molar-refractivity contribution >= 4 is 23.7 Å². The number of hydrogen-bond donors (Lipinski definition) is 6. The number of Topliss-reactive ketones (excluding diaryl/α,β-unsaturated/α-hetero) is 1. The van der Waals surface area contributed by atoms with Crippen molar-refractivity contribution in [1.29, 1.82) is 0 Å². The number of hydrogen-bond acceptors (Lipinski definition) is 13. The van der Waals surface area contributed by atoms with Gasteiger partial charge in [-0.1, -0.05) is 13.8 Å². The molecule has 0 rings (SSSR count). The lowest BCUT2D eigenvalue weighted by atomic mass is 9.89. The number of aliphatic hydroxyl groups excluding tert-OH is 5. The lowest BCUT2D eigenvalue weighted by molar-refractivity contribution is -0.163. The Bertz CT molecular complexity index is 580. The predicted octanol–water partition coefficient (Wildman–Crippen LogP) is -0.924. The monoisotopic (exact) mass is 529 g/mol. The van der Waals surface area contributed by atoms with Crippen LogP contribution in [0.3, 0.4) is 0 Å². The number of carbonyl (C=O) groups is 4. The third-order valence-corrected chi connectivity index (χ3v) is 3.26. The van der Waals surface area contributed by atoms with E-state index in [1.165, 1.54) is 27.7 Å². The molecule has 0 amide bonds. The zero-order valence-corrected chi connectivity index (χ0v) is 22.8. The standard InChI is InChI=1S/C9H14O6.C7H14O2.C4H11NO.C3H8O3/c1-6(10)13-4-9(15-8(3)12)5-14-7(2)11;1-6(9)4-7(2,3)5-8;1-4(2,5)3-6;4-1-3(6)2-5/h9H,4-5H2,1-3H3;8H,4-5H2,1-3H3;6H,3,5H2,1-2H3;3-6H,1-2H2. The molecule has 7 N–H and O–H groups in total. The zero-order chi connectivity index (χ0) is 29.5. The highest BCUT2D eigenvalue weighted by Crippen LogP contribution is 2.18. The van der Waals surface area contributed by atoms with Gasteiger partial charge < -0.3 is 50.3 Å². The second-order valence-corrected chi connectivity index (χ2v) is 9.20. The van der Waals surface area contributed by atoms with Gasteiger partial charge in [0.15, 0.2) is 6.10 Å². The van der Waals surface area contributed by atoms with Crippen molar-refractivity contribution in [3.05, 3.63) is 0 Å². The van der Waals surface area contributed by atoms with Gasteiger partial charge in [-0.15, -0.1) is 0 Å². The molecule has 0 bridgehead atoms. The summed E-state index contributed by atoms with van der Waals surface area (Å²) in [6.45, 7) is 11.7. The van der Waals surface area contributed by atoms with Crippen LogP contribution in [0, 0.1) is 5.41 Å². The van der Waals surface area contributed by atoms with Gasteiger partial charge in [0.05, 0.1) is 19.8 Å². The third-order valence-electron chi connectivity index (χ3n) is 3.26. The summed E-state index contributed by atoms with van der Waals surface area (Å²) in [6.07, 6.45) is -1.25. The van der Waals surface area contributed by atoms with E-state index >= 15 is 0 Å². The first-order chi connectivity index (χ1) is 16.3. The Hall–Kier alpha value is -2.16. The highest BCUT2D eigenvalue weighted by Gasteiger charge is 2.18. The first-order valence-corrected chi connectivity index (χ1v) is 11.1. The molecule has 0 unspecified atom stereocenters. The van der Waals surface area contributed by atoms with Crippen LogP contribution in [0.15, 0.2) is 0 Å². The average Bonchev–Trinajstić information content (AvgIpc) is 2.74. The minimum Gasteiger partial charge on any atom is -0.462 e. The summed E-state index contributed by atoms with van der Waals surface area (Å²) in [6, 6.07) is 0. The number of carbonyl (C=O) groups excluding carboxylic acids is 4. The van der Waals surface area contributed by atoms with E-state index in [9.17, 15) is 19.2 Å². The first kappa shape index (κ1) is 41.0. The van der Waals surface area contributed by atoms with E-state index in [1.807, 2.05) is 13.8 Å². The van der Waals surface area contributed by atoms with E-state index in [2.05, 4.69) is 9.47 Å². The summed E-state index contributed by atoms with van der Waals surface area (Å²) in [4.78, 5) is 42.2. The van der Waals surface area contributed by atoms with Gasteiger partial charge in [-0.2, -0.15) is 0 Å². The molecule has 0 saturated heterocycles. The van der Waals surface area contributed by atoms with E-state index < -0.39 is 35.7 Å². The summed E-state index contributed by atoms with van der Waals surface area (Å²) in [7, 11) is 0. The molecule has 13 heteroatoms. The quantitative estimate of drug-likeness (QED) is 0.141. The van der Waals surface area contributed by atoms with Gasteiger partial charge >= 0.3 is 17.9 Å². The molecular formula is C23H47NO12. The molecule has 0 radical (unpaired) electrons. The zero-order valence-electron chi connectivity index (χ0n) is 22.8. The van der Waals surface area contributed by atoms with Crippen molar-refractivity contribution in [1.82, 2.24) is 0 Å². The highest BCUT2D eigenvalue weighted by atomic mass is 16.6. The molecule has 0 heterocycles. The van der Waals surface area contributed by atoms with Crippen LogP contribution in [0.2, 0.25) is 0 Å². The second kappa shape index (κ2) is 23.3. The van der Waals surface area contributed by atoms with E-state index in [0.717, 1.165) is 0 Å². The third kappa shape index (κ3) is 42.0. The minimum atomic E-state index is -0.954. The van der Waals surface area contributed by atoms with Crippen LogP contribution >= 0.6 is 0 Å². The van der Waals surface area contributed by atoms with Gasteiger partial charge in [-0.25, -0.2) is 0 Å². The molecule has 0 aliphatic carbocycles. The number of ether oxygens (including phenoxy) is 3. The molecular weight excluding hydrogens is 482 g/mol. The molecule has 0 aliphatic heterocycles. The van der Waals surface area contributed by atoms with Crippen LogP contribution < -0.4 is 5.73 Å². The normalized spacial score (nSPS) is 10.6. The van der Waals surface area contributed by atoms with Crippen molar-refractivity contribution in [3.8, 4) is 0 Å². The Morgan fingerprint density at radius 2 is 1.11 bits per heavy atom. The molecule has 36 heavy (non-hydrogen) atoms. The minimum absolute atomic E-state index is 0.0486. The van der Waals surface area contributed by atoms with Crippen LogP contribution in [-0.4, -0.2) is 107 Å². The van der Waals surface area contributed by atoms with Crippen LogP contribution in [0.1, 0.15) is 61.8 Å². The summed E-state index contributed by atoms with van der Waals surface area (Å²) in [5.41, 5.74) is 4.65. The number of ketones is 1. The molecule has 216 valence electrons. The Balaban J connectivity index is -0.000000207. The van der Waals surface area contributed by atoms with Crippen LogP contribution in [0.5, 0.6) is 0 Å². The van der Waals surface area contributed by atoms with Gasteiger partial charge in [-0.3, -0.25) is 14.4 Å². The van der Waals surface area contributed by atoms with Crippen molar-refractivity contribution < 1.29 is 58.9 Å². The maximum absolute atomic E-state index is 10.6. The predicted molar refractivity (Wildman–Crippen MR) is 131 cm³/mol. The van der Waals surface area contributed by atoms with E-state index in [-0.39, 0.29) is 50.8 Å². The summed E-state index contributed by atoms with van der Waals surface area (Å²) in [5, 5.41) is 41.0. The van der Waals surface area contributed by atoms with Crippen molar-refractivity contribution in [2.75, 3.05) is 39.6 Å². The lowest BCUT2D eigenvalue weighted by Crippen LogP contribution is -2.35. The number of aliphatic hydroxyl groups is 5. The second-order valence-electron chi connectivity index (χ2n) is 9.20. The van der Waals surface area contributed by atoms with Crippen LogP contribution in [-0.2, 0) is 33.4 Å². The number of rotatable bonds is 11. The Morgan fingerprint density at radius 3 is 1.25 bits per heavy atom. The van der Waals surface area contributed by atoms with Crippen molar-refractivity contribution in [2.45, 2.75) is 79.6 Å². The van der Waals surface area contributed by atoms with Gasteiger partial charge in [-0.05, 0) is 26.2 Å². The summed E-state index contributed by atoms with van der Waals surface area (Å²) >= 11 is 0. The fourth-order valence-corrected chi connectivity index (χ4v) is 1.56.